The smallest absolute Gasteiger partial charge is 0.252 e. The van der Waals surface area contributed by atoms with Gasteiger partial charge in [0.2, 0.25) is 5.95 Å². The zero-order chi connectivity index (χ0) is 21.7. The van der Waals surface area contributed by atoms with Crippen molar-refractivity contribution in [3.05, 3.63) is 71.4 Å². The van der Waals surface area contributed by atoms with E-state index in [1.54, 1.807) is 12.3 Å². The highest BCUT2D eigenvalue weighted by Gasteiger charge is 2.45. The fourth-order valence-electron chi connectivity index (χ4n) is 5.89. The molecule has 3 aromatic heterocycles. The largest absolute Gasteiger partial charge is 0.292 e. The van der Waals surface area contributed by atoms with Gasteiger partial charge >= 0.3 is 0 Å². The van der Waals surface area contributed by atoms with E-state index in [0.717, 1.165) is 35.1 Å². The number of nitrogens with zero attached hydrogens (tertiary/aromatic N) is 5. The van der Waals surface area contributed by atoms with Crippen LogP contribution in [0.2, 0.25) is 0 Å². The molecule has 4 unspecified atom stereocenters. The van der Waals surface area contributed by atoms with Gasteiger partial charge in [0.15, 0.2) is 0 Å². The van der Waals surface area contributed by atoms with Crippen LogP contribution in [0.4, 0.5) is 17.3 Å². The van der Waals surface area contributed by atoms with Crippen molar-refractivity contribution < 1.29 is 0 Å². The summed E-state index contributed by atoms with van der Waals surface area (Å²) in [5, 5.41) is 7.86. The van der Waals surface area contributed by atoms with Crippen LogP contribution in [-0.2, 0) is 6.54 Å². The molecule has 7 nitrogen and oxygen atoms in total. The lowest BCUT2D eigenvalue weighted by Crippen LogP contribution is -2.30. The first-order valence-electron chi connectivity index (χ1n) is 11.4. The molecule has 0 saturated heterocycles. The first-order valence-corrected chi connectivity index (χ1v) is 11.4. The first kappa shape index (κ1) is 19.2. The van der Waals surface area contributed by atoms with Gasteiger partial charge in [-0.3, -0.25) is 19.4 Å². The molecule has 2 aliphatic carbocycles. The highest BCUT2D eigenvalue weighted by atomic mass is 16.1. The molecule has 0 spiro atoms. The molecule has 2 bridgehead atoms. The second kappa shape index (κ2) is 7.58. The Kier molecular flexibility index (Phi) is 4.56. The number of rotatable bonds is 5. The number of fused-ring (bicyclic) bond motifs is 3. The van der Waals surface area contributed by atoms with Crippen LogP contribution in [-0.4, -0.2) is 24.7 Å². The molecule has 1 aromatic carbocycles. The summed E-state index contributed by atoms with van der Waals surface area (Å²) in [6.07, 6.45) is 9.32. The van der Waals surface area contributed by atoms with E-state index < -0.39 is 0 Å². The molecule has 162 valence electrons. The molecule has 32 heavy (non-hydrogen) atoms. The standard InChI is InChI=1S/C25H26N6O/c1-16-17-7-8-18(11-17)22(16)15-30-23(32)10-9-19-12-26-25(29-24(19)30)31(21-13-27-28-14-21)20-5-3-2-4-6-20/h2-6,9-10,12-14,16-18,22H,7-8,11,15H2,1H3,(H,27,28). The second-order valence-electron chi connectivity index (χ2n) is 9.21. The van der Waals surface area contributed by atoms with Crippen LogP contribution in [0.5, 0.6) is 0 Å². The van der Waals surface area contributed by atoms with E-state index in [-0.39, 0.29) is 5.56 Å². The number of para-hydroxylation sites is 1. The van der Waals surface area contributed by atoms with Crippen molar-refractivity contribution in [1.82, 2.24) is 24.7 Å². The number of H-pyrrole nitrogens is 1. The lowest BCUT2D eigenvalue weighted by Gasteiger charge is -2.29. The molecular weight excluding hydrogens is 400 g/mol. The molecule has 3 heterocycles. The summed E-state index contributed by atoms with van der Waals surface area (Å²) in [6.45, 7) is 3.09. The fourth-order valence-corrected chi connectivity index (χ4v) is 5.89. The number of hydrogen-bond donors (Lipinski definition) is 1. The molecule has 2 saturated carbocycles. The fraction of sp³-hybridized carbons (Fsp3) is 0.360. The Morgan fingerprint density at radius 1 is 1.06 bits per heavy atom. The van der Waals surface area contributed by atoms with Gasteiger partial charge in [-0.1, -0.05) is 25.1 Å². The quantitative estimate of drug-likeness (QED) is 0.502. The summed E-state index contributed by atoms with van der Waals surface area (Å²) in [6, 6.07) is 13.4. The Morgan fingerprint density at radius 3 is 2.66 bits per heavy atom. The van der Waals surface area contributed by atoms with E-state index in [0.29, 0.717) is 23.4 Å². The third-order valence-corrected chi connectivity index (χ3v) is 7.60. The minimum atomic E-state index is 0.00620. The summed E-state index contributed by atoms with van der Waals surface area (Å²) in [4.78, 5) is 24.5. The van der Waals surface area contributed by atoms with Gasteiger partial charge in [-0.2, -0.15) is 10.1 Å². The molecule has 6 rings (SSSR count). The van der Waals surface area contributed by atoms with Crippen LogP contribution in [0.25, 0.3) is 11.0 Å². The number of pyridine rings is 1. The maximum Gasteiger partial charge on any atom is 0.252 e. The van der Waals surface area contributed by atoms with Crippen LogP contribution in [0.3, 0.4) is 0 Å². The molecule has 0 radical (unpaired) electrons. The van der Waals surface area contributed by atoms with Gasteiger partial charge in [-0.15, -0.1) is 0 Å². The molecule has 4 atom stereocenters. The van der Waals surface area contributed by atoms with Crippen molar-refractivity contribution >= 4 is 28.4 Å². The van der Waals surface area contributed by atoms with Crippen LogP contribution in [0, 0.1) is 23.7 Å². The van der Waals surface area contributed by atoms with E-state index in [1.807, 2.05) is 58.3 Å². The van der Waals surface area contributed by atoms with E-state index in [9.17, 15) is 4.79 Å². The Bertz CT molecular complexity index is 1300. The summed E-state index contributed by atoms with van der Waals surface area (Å²) in [7, 11) is 0. The van der Waals surface area contributed by atoms with Crippen molar-refractivity contribution in [3.8, 4) is 0 Å². The molecule has 0 aliphatic heterocycles. The van der Waals surface area contributed by atoms with Gasteiger partial charge in [0, 0.05) is 36.1 Å². The number of hydrogen-bond acceptors (Lipinski definition) is 5. The summed E-state index contributed by atoms with van der Waals surface area (Å²) < 4.78 is 1.88. The Morgan fingerprint density at radius 2 is 1.91 bits per heavy atom. The van der Waals surface area contributed by atoms with E-state index in [1.165, 1.54) is 19.3 Å². The Hall–Kier alpha value is -3.48. The molecule has 0 amide bonds. The van der Waals surface area contributed by atoms with Crippen molar-refractivity contribution in [1.29, 1.82) is 0 Å². The van der Waals surface area contributed by atoms with Gasteiger partial charge < -0.3 is 0 Å². The maximum atomic E-state index is 13.0. The molecule has 1 N–H and O–H groups in total. The molecule has 2 fully saturated rings. The van der Waals surface area contributed by atoms with Gasteiger partial charge in [0.1, 0.15) is 5.65 Å². The zero-order valence-corrected chi connectivity index (χ0v) is 18.1. The number of nitrogens with one attached hydrogen (secondary N) is 1. The molecule has 2 aliphatic rings. The Balaban J connectivity index is 1.46. The van der Waals surface area contributed by atoms with Gasteiger partial charge in [0.25, 0.3) is 5.56 Å². The number of anilines is 3. The normalized spacial score (nSPS) is 24.3. The zero-order valence-electron chi connectivity index (χ0n) is 18.1. The minimum Gasteiger partial charge on any atom is -0.292 e. The summed E-state index contributed by atoms with van der Waals surface area (Å²) >= 11 is 0. The number of aromatic nitrogens is 5. The second-order valence-corrected chi connectivity index (χ2v) is 9.21. The predicted octanol–water partition coefficient (Wildman–Crippen LogP) is 4.67. The van der Waals surface area contributed by atoms with Crippen LogP contribution in [0.15, 0.2) is 65.8 Å². The van der Waals surface area contributed by atoms with Crippen LogP contribution >= 0.6 is 0 Å². The highest BCUT2D eigenvalue weighted by molar-refractivity contribution is 5.78. The molecule has 7 heteroatoms. The topological polar surface area (TPSA) is 79.7 Å². The number of aromatic amines is 1. The summed E-state index contributed by atoms with van der Waals surface area (Å²) in [5.41, 5.74) is 2.47. The van der Waals surface area contributed by atoms with Gasteiger partial charge in [0.05, 0.1) is 11.9 Å². The van der Waals surface area contributed by atoms with Crippen molar-refractivity contribution in [2.75, 3.05) is 4.90 Å². The first-order chi connectivity index (χ1) is 15.7. The minimum absolute atomic E-state index is 0.00620. The SMILES string of the molecule is CC1C2CCC(C2)C1Cn1c(=O)ccc2cnc(N(c3ccccc3)c3cn[nH]c3)nc21. The van der Waals surface area contributed by atoms with Crippen LogP contribution in [0.1, 0.15) is 26.2 Å². The van der Waals surface area contributed by atoms with E-state index >= 15 is 0 Å². The predicted molar refractivity (Wildman–Crippen MR) is 124 cm³/mol. The number of benzene rings is 1. The van der Waals surface area contributed by atoms with Crippen LogP contribution < -0.4 is 10.5 Å². The van der Waals surface area contributed by atoms with Crippen molar-refractivity contribution in [3.63, 3.8) is 0 Å². The van der Waals surface area contributed by atoms with E-state index in [4.69, 9.17) is 4.98 Å². The van der Waals surface area contributed by atoms with Gasteiger partial charge in [-0.25, -0.2) is 4.98 Å². The third kappa shape index (κ3) is 3.11. The van der Waals surface area contributed by atoms with Gasteiger partial charge in [-0.05, 0) is 61.1 Å². The third-order valence-electron chi connectivity index (χ3n) is 7.60. The summed E-state index contributed by atoms with van der Waals surface area (Å²) in [5.74, 6) is 3.25. The highest BCUT2D eigenvalue weighted by Crippen LogP contribution is 2.52. The molecular formula is C25H26N6O. The molecule has 4 aromatic rings. The maximum absolute atomic E-state index is 13.0. The monoisotopic (exact) mass is 426 g/mol. The van der Waals surface area contributed by atoms with Crippen molar-refractivity contribution in [2.24, 2.45) is 23.7 Å². The Labute approximate surface area is 186 Å². The van der Waals surface area contributed by atoms with E-state index in [2.05, 4.69) is 22.1 Å². The van der Waals surface area contributed by atoms with Crippen molar-refractivity contribution in [2.45, 2.75) is 32.7 Å². The lowest BCUT2D eigenvalue weighted by atomic mass is 9.80. The average Bonchev–Trinajstić information content (AvgIpc) is 3.57. The lowest BCUT2D eigenvalue weighted by molar-refractivity contribution is 0.213. The average molecular weight is 427 g/mol.